The van der Waals surface area contributed by atoms with E-state index in [1.165, 1.54) is 6.92 Å². The lowest BCUT2D eigenvalue weighted by Crippen LogP contribution is -2.11. The summed E-state index contributed by atoms with van der Waals surface area (Å²) >= 11 is 0. The third-order valence-electron chi connectivity index (χ3n) is 1.90. The van der Waals surface area contributed by atoms with Gasteiger partial charge in [-0.1, -0.05) is 5.76 Å². The minimum absolute atomic E-state index is 0.0305. The van der Waals surface area contributed by atoms with Crippen LogP contribution in [0.4, 0.5) is 17.6 Å². The Hall–Kier alpha value is -2.05. The Bertz CT molecular complexity index is 512. The Morgan fingerprint density at radius 2 is 1.89 bits per heavy atom. The van der Waals surface area contributed by atoms with E-state index < -0.39 is 40.6 Å². The third-order valence-corrected chi connectivity index (χ3v) is 1.90. The van der Waals surface area contributed by atoms with Crippen molar-refractivity contribution in [1.82, 2.24) is 0 Å². The van der Waals surface area contributed by atoms with Crippen LogP contribution in [0.5, 0.6) is 0 Å². The molecule has 0 spiro atoms. The summed E-state index contributed by atoms with van der Waals surface area (Å²) in [6, 6.07) is 0.172. The number of ether oxygens (including phenoxy) is 1. The van der Waals surface area contributed by atoms with Gasteiger partial charge in [0.05, 0.1) is 6.61 Å². The quantitative estimate of drug-likeness (QED) is 0.207. The first-order valence-corrected chi connectivity index (χ1v) is 4.77. The van der Waals surface area contributed by atoms with Crippen LogP contribution in [-0.4, -0.2) is 12.6 Å². The zero-order valence-electron chi connectivity index (χ0n) is 9.10. The molecule has 0 saturated carbocycles. The molecule has 0 aromatic heterocycles. The van der Waals surface area contributed by atoms with Crippen LogP contribution in [0.3, 0.4) is 0 Å². The van der Waals surface area contributed by atoms with Gasteiger partial charge in [-0.3, -0.25) is 0 Å². The number of benzene rings is 1. The second-order valence-corrected chi connectivity index (χ2v) is 3.11. The third kappa shape index (κ3) is 2.79. The zero-order chi connectivity index (χ0) is 13.9. The van der Waals surface area contributed by atoms with E-state index >= 15 is 0 Å². The molecule has 0 aliphatic rings. The standard InChI is InChI=1S/C11H8F4O3/c1-2-18-8(17)4-7(16)5-3-6(12)10(14)11(15)9(5)13/h3-4,16H,2H2,1H3/p-1/b7-4-. The molecule has 0 saturated heterocycles. The molecule has 1 rings (SSSR count). The van der Waals surface area contributed by atoms with E-state index in [1.807, 2.05) is 0 Å². The molecule has 0 N–H and O–H groups in total. The molecule has 7 heteroatoms. The van der Waals surface area contributed by atoms with E-state index in [1.54, 1.807) is 0 Å². The summed E-state index contributed by atoms with van der Waals surface area (Å²) in [5, 5.41) is 11.3. The predicted molar refractivity (Wildman–Crippen MR) is 50.9 cm³/mol. The normalized spacial score (nSPS) is 11.5. The molecule has 3 nitrogen and oxygen atoms in total. The van der Waals surface area contributed by atoms with Gasteiger partial charge in [-0.05, 0) is 13.0 Å². The lowest BCUT2D eigenvalue weighted by atomic mass is 10.1. The van der Waals surface area contributed by atoms with E-state index in [0.717, 1.165) is 0 Å². The van der Waals surface area contributed by atoms with Crippen LogP contribution >= 0.6 is 0 Å². The van der Waals surface area contributed by atoms with Gasteiger partial charge < -0.3 is 9.84 Å². The van der Waals surface area contributed by atoms with Crippen LogP contribution in [0.2, 0.25) is 0 Å². The molecule has 98 valence electrons. The highest BCUT2D eigenvalue weighted by molar-refractivity contribution is 5.89. The van der Waals surface area contributed by atoms with Gasteiger partial charge in [0, 0.05) is 11.6 Å². The van der Waals surface area contributed by atoms with Crippen LogP contribution in [0.15, 0.2) is 12.1 Å². The lowest BCUT2D eigenvalue weighted by molar-refractivity contribution is -0.244. The number of hydrogen-bond donors (Lipinski definition) is 0. The van der Waals surface area contributed by atoms with E-state index in [2.05, 4.69) is 4.74 Å². The van der Waals surface area contributed by atoms with Gasteiger partial charge in [0.2, 0.25) is 0 Å². The van der Waals surface area contributed by atoms with Crippen molar-refractivity contribution in [3.8, 4) is 0 Å². The second-order valence-electron chi connectivity index (χ2n) is 3.11. The van der Waals surface area contributed by atoms with E-state index in [4.69, 9.17) is 0 Å². The monoisotopic (exact) mass is 263 g/mol. The first kappa shape index (κ1) is 14.0. The number of carbonyl (C=O) groups is 1. The smallest absolute Gasteiger partial charge is 0.330 e. The largest absolute Gasteiger partial charge is 0.872 e. The molecule has 18 heavy (non-hydrogen) atoms. The Kier molecular flexibility index (Phi) is 4.30. The fourth-order valence-electron chi connectivity index (χ4n) is 1.12. The molecular formula is C11H7F4O3-. The molecule has 1 aromatic carbocycles. The molecule has 0 radical (unpaired) electrons. The van der Waals surface area contributed by atoms with Crippen LogP contribution in [0.1, 0.15) is 12.5 Å². The maximum atomic E-state index is 13.2. The van der Waals surface area contributed by atoms with E-state index in [-0.39, 0.29) is 12.7 Å². The number of hydrogen-bond acceptors (Lipinski definition) is 3. The SMILES string of the molecule is CCOC(=O)/C=C(\[O-])c1cc(F)c(F)c(F)c1F. The van der Waals surface area contributed by atoms with Crippen molar-refractivity contribution in [3.05, 3.63) is 41.0 Å². The Morgan fingerprint density at radius 3 is 2.44 bits per heavy atom. The van der Waals surface area contributed by atoms with E-state index in [9.17, 15) is 27.5 Å². The van der Waals surface area contributed by atoms with Crippen molar-refractivity contribution in [2.24, 2.45) is 0 Å². The van der Waals surface area contributed by atoms with Gasteiger partial charge in [0.1, 0.15) is 0 Å². The van der Waals surface area contributed by atoms with Crippen molar-refractivity contribution >= 4 is 11.7 Å². The van der Waals surface area contributed by atoms with Gasteiger partial charge in [0.15, 0.2) is 23.3 Å². The average molecular weight is 263 g/mol. The minimum atomic E-state index is -2.12. The molecule has 0 aliphatic carbocycles. The summed E-state index contributed by atoms with van der Waals surface area (Å²) in [7, 11) is 0. The molecule has 0 bridgehead atoms. The molecule has 0 heterocycles. The maximum Gasteiger partial charge on any atom is 0.330 e. The first-order chi connectivity index (χ1) is 8.38. The van der Waals surface area contributed by atoms with Gasteiger partial charge >= 0.3 is 5.97 Å². The number of carbonyl (C=O) groups excluding carboxylic acids is 1. The summed E-state index contributed by atoms with van der Waals surface area (Å²) in [5.41, 5.74) is -1.08. The fourth-order valence-corrected chi connectivity index (χ4v) is 1.12. The highest BCUT2D eigenvalue weighted by Gasteiger charge is 2.18. The van der Waals surface area contributed by atoms with Crippen molar-refractivity contribution in [1.29, 1.82) is 0 Å². The van der Waals surface area contributed by atoms with Crippen LogP contribution < -0.4 is 5.11 Å². The Labute approximate surface area is 99.3 Å². The molecule has 1 aromatic rings. The van der Waals surface area contributed by atoms with Gasteiger partial charge in [-0.25, -0.2) is 22.4 Å². The molecule has 0 aliphatic heterocycles. The highest BCUT2D eigenvalue weighted by atomic mass is 19.2. The minimum Gasteiger partial charge on any atom is -0.872 e. The average Bonchev–Trinajstić information content (AvgIpc) is 2.31. The van der Waals surface area contributed by atoms with Gasteiger partial charge in [-0.15, -0.1) is 0 Å². The van der Waals surface area contributed by atoms with Crippen molar-refractivity contribution in [2.75, 3.05) is 6.61 Å². The molecule has 0 atom stereocenters. The van der Waals surface area contributed by atoms with Crippen molar-refractivity contribution < 1.29 is 32.2 Å². The molecular weight excluding hydrogens is 256 g/mol. The zero-order valence-corrected chi connectivity index (χ0v) is 9.10. The summed E-state index contributed by atoms with van der Waals surface area (Å²) in [6.45, 7) is 1.44. The summed E-state index contributed by atoms with van der Waals surface area (Å²) in [4.78, 5) is 10.9. The Morgan fingerprint density at radius 1 is 1.28 bits per heavy atom. The molecule has 0 amide bonds. The van der Waals surface area contributed by atoms with Crippen molar-refractivity contribution in [2.45, 2.75) is 6.92 Å². The van der Waals surface area contributed by atoms with Crippen LogP contribution in [0.25, 0.3) is 5.76 Å². The van der Waals surface area contributed by atoms with Gasteiger partial charge in [0.25, 0.3) is 0 Å². The van der Waals surface area contributed by atoms with E-state index in [0.29, 0.717) is 6.08 Å². The van der Waals surface area contributed by atoms with Crippen LogP contribution in [0, 0.1) is 23.3 Å². The maximum absolute atomic E-state index is 13.2. The van der Waals surface area contributed by atoms with Crippen molar-refractivity contribution in [3.63, 3.8) is 0 Å². The Balaban J connectivity index is 3.22. The topological polar surface area (TPSA) is 49.4 Å². The summed E-state index contributed by atoms with van der Waals surface area (Å²) in [5.74, 6) is -10.1. The second kappa shape index (κ2) is 5.52. The number of rotatable bonds is 3. The number of halogens is 4. The molecule has 0 unspecified atom stereocenters. The summed E-state index contributed by atoms with van der Waals surface area (Å²) in [6.07, 6.45) is 0.318. The summed E-state index contributed by atoms with van der Waals surface area (Å²) < 4.78 is 55.8. The predicted octanol–water partition coefficient (Wildman–Crippen LogP) is 1.51. The fraction of sp³-hybridized carbons (Fsp3) is 0.182. The van der Waals surface area contributed by atoms with Crippen LogP contribution in [-0.2, 0) is 9.53 Å². The lowest BCUT2D eigenvalue weighted by Gasteiger charge is -2.13. The first-order valence-electron chi connectivity index (χ1n) is 4.77. The molecule has 0 fully saturated rings. The van der Waals surface area contributed by atoms with Gasteiger partial charge in [-0.2, -0.15) is 0 Å². The number of esters is 1. The highest BCUT2D eigenvalue weighted by Crippen LogP contribution is 2.22.